The molecule has 2 heterocycles. The SMILES string of the molecule is OCCn1cc(CNc2ccc3sccc3c2)cn1. The third kappa shape index (κ3) is 2.77. The summed E-state index contributed by atoms with van der Waals surface area (Å²) in [5.74, 6) is 0. The summed E-state index contributed by atoms with van der Waals surface area (Å²) >= 11 is 1.75. The Hall–Kier alpha value is -1.85. The number of anilines is 1. The second-order valence-electron chi connectivity index (χ2n) is 4.36. The van der Waals surface area contributed by atoms with Gasteiger partial charge in [-0.05, 0) is 35.0 Å². The van der Waals surface area contributed by atoms with Crippen molar-refractivity contribution >= 4 is 27.1 Å². The molecule has 0 radical (unpaired) electrons. The number of nitrogens with zero attached hydrogens (tertiary/aromatic N) is 2. The first-order valence-electron chi connectivity index (χ1n) is 6.18. The normalized spacial score (nSPS) is 11.0. The first-order valence-corrected chi connectivity index (χ1v) is 7.06. The number of nitrogens with one attached hydrogen (secondary N) is 1. The lowest BCUT2D eigenvalue weighted by Gasteiger charge is -2.04. The summed E-state index contributed by atoms with van der Waals surface area (Å²) in [5, 5.41) is 19.8. The van der Waals surface area contributed by atoms with Crippen LogP contribution in [0.1, 0.15) is 5.56 Å². The van der Waals surface area contributed by atoms with Gasteiger partial charge in [-0.2, -0.15) is 5.10 Å². The van der Waals surface area contributed by atoms with Crippen LogP contribution in [0, 0.1) is 0 Å². The van der Waals surface area contributed by atoms with Crippen LogP contribution < -0.4 is 5.32 Å². The number of hydrogen-bond acceptors (Lipinski definition) is 4. The fourth-order valence-electron chi connectivity index (χ4n) is 2.00. The molecular weight excluding hydrogens is 258 g/mol. The molecule has 5 heteroatoms. The Bertz CT molecular complexity index is 674. The van der Waals surface area contributed by atoms with Crippen LogP contribution in [0.3, 0.4) is 0 Å². The lowest BCUT2D eigenvalue weighted by atomic mass is 10.2. The smallest absolute Gasteiger partial charge is 0.0640 e. The molecular formula is C14H15N3OS. The quantitative estimate of drug-likeness (QED) is 0.751. The van der Waals surface area contributed by atoms with Crippen molar-refractivity contribution in [3.63, 3.8) is 0 Å². The van der Waals surface area contributed by atoms with E-state index in [1.807, 2.05) is 12.4 Å². The van der Waals surface area contributed by atoms with E-state index in [9.17, 15) is 0 Å². The maximum absolute atomic E-state index is 8.84. The molecule has 3 rings (SSSR count). The molecule has 19 heavy (non-hydrogen) atoms. The molecule has 98 valence electrons. The zero-order valence-electron chi connectivity index (χ0n) is 10.4. The molecule has 0 spiro atoms. The molecule has 0 amide bonds. The van der Waals surface area contributed by atoms with Gasteiger partial charge in [-0.1, -0.05) is 0 Å². The van der Waals surface area contributed by atoms with Crippen molar-refractivity contribution in [3.05, 3.63) is 47.6 Å². The summed E-state index contributed by atoms with van der Waals surface area (Å²) in [6.07, 6.45) is 3.78. The highest BCUT2D eigenvalue weighted by Gasteiger charge is 2.00. The Morgan fingerprint density at radius 2 is 2.26 bits per heavy atom. The molecule has 0 fully saturated rings. The van der Waals surface area contributed by atoms with Crippen LogP contribution in [0.15, 0.2) is 42.0 Å². The van der Waals surface area contributed by atoms with Crippen molar-refractivity contribution in [2.75, 3.05) is 11.9 Å². The van der Waals surface area contributed by atoms with E-state index in [1.165, 1.54) is 10.1 Å². The van der Waals surface area contributed by atoms with E-state index in [2.05, 4.69) is 40.1 Å². The van der Waals surface area contributed by atoms with Crippen molar-refractivity contribution in [2.45, 2.75) is 13.1 Å². The maximum atomic E-state index is 8.84. The summed E-state index contributed by atoms with van der Waals surface area (Å²) in [7, 11) is 0. The van der Waals surface area contributed by atoms with Crippen molar-refractivity contribution in [1.82, 2.24) is 9.78 Å². The Morgan fingerprint density at radius 3 is 3.16 bits per heavy atom. The van der Waals surface area contributed by atoms with Crippen molar-refractivity contribution in [1.29, 1.82) is 0 Å². The molecule has 0 aliphatic rings. The van der Waals surface area contributed by atoms with Gasteiger partial charge >= 0.3 is 0 Å². The Morgan fingerprint density at radius 1 is 1.32 bits per heavy atom. The van der Waals surface area contributed by atoms with E-state index < -0.39 is 0 Å². The third-order valence-electron chi connectivity index (χ3n) is 2.96. The van der Waals surface area contributed by atoms with Crippen molar-refractivity contribution in [2.24, 2.45) is 0 Å². The highest BCUT2D eigenvalue weighted by atomic mass is 32.1. The van der Waals surface area contributed by atoms with Crippen molar-refractivity contribution in [3.8, 4) is 0 Å². The minimum Gasteiger partial charge on any atom is -0.394 e. The van der Waals surface area contributed by atoms with E-state index in [-0.39, 0.29) is 6.61 Å². The molecule has 0 atom stereocenters. The summed E-state index contributed by atoms with van der Waals surface area (Å²) in [6.45, 7) is 1.39. The van der Waals surface area contributed by atoms with Crippen LogP contribution in [0.4, 0.5) is 5.69 Å². The van der Waals surface area contributed by atoms with Gasteiger partial charge in [0.1, 0.15) is 0 Å². The predicted molar refractivity (Wildman–Crippen MR) is 78.5 cm³/mol. The van der Waals surface area contributed by atoms with Gasteiger partial charge in [0.25, 0.3) is 0 Å². The van der Waals surface area contributed by atoms with Gasteiger partial charge in [0, 0.05) is 28.7 Å². The summed E-state index contributed by atoms with van der Waals surface area (Å²) in [4.78, 5) is 0. The Kier molecular flexibility index (Phi) is 3.48. The zero-order valence-corrected chi connectivity index (χ0v) is 11.2. The van der Waals surface area contributed by atoms with Crippen LogP contribution in [-0.4, -0.2) is 21.5 Å². The molecule has 0 saturated heterocycles. The minimum absolute atomic E-state index is 0.114. The molecule has 2 N–H and O–H groups in total. The summed E-state index contributed by atoms with van der Waals surface area (Å²) in [6, 6.07) is 8.52. The summed E-state index contributed by atoms with van der Waals surface area (Å²) in [5.41, 5.74) is 2.22. The third-order valence-corrected chi connectivity index (χ3v) is 3.86. The molecule has 0 saturated carbocycles. The van der Waals surface area contributed by atoms with Crippen LogP contribution in [0.2, 0.25) is 0 Å². The van der Waals surface area contributed by atoms with E-state index in [0.717, 1.165) is 17.8 Å². The average Bonchev–Trinajstić information content (AvgIpc) is 3.04. The van der Waals surface area contributed by atoms with E-state index in [1.54, 1.807) is 16.0 Å². The largest absolute Gasteiger partial charge is 0.394 e. The van der Waals surface area contributed by atoms with E-state index in [4.69, 9.17) is 5.11 Å². The molecule has 0 bridgehead atoms. The number of hydrogen-bond donors (Lipinski definition) is 2. The van der Waals surface area contributed by atoms with Gasteiger partial charge in [-0.25, -0.2) is 0 Å². The van der Waals surface area contributed by atoms with Crippen LogP contribution in [-0.2, 0) is 13.1 Å². The van der Waals surface area contributed by atoms with Gasteiger partial charge in [-0.3, -0.25) is 4.68 Å². The topological polar surface area (TPSA) is 50.1 Å². The van der Waals surface area contributed by atoms with Crippen LogP contribution in [0.25, 0.3) is 10.1 Å². The molecule has 0 aliphatic heterocycles. The number of aliphatic hydroxyl groups excluding tert-OH is 1. The Balaban J connectivity index is 1.67. The molecule has 1 aromatic carbocycles. The van der Waals surface area contributed by atoms with Gasteiger partial charge in [0.15, 0.2) is 0 Å². The first-order chi connectivity index (χ1) is 9.35. The second kappa shape index (κ2) is 5.42. The highest BCUT2D eigenvalue weighted by Crippen LogP contribution is 2.24. The van der Waals surface area contributed by atoms with Crippen LogP contribution in [0.5, 0.6) is 0 Å². The lowest BCUT2D eigenvalue weighted by molar-refractivity contribution is 0.269. The van der Waals surface area contributed by atoms with E-state index >= 15 is 0 Å². The number of fused-ring (bicyclic) bond motifs is 1. The average molecular weight is 273 g/mol. The highest BCUT2D eigenvalue weighted by molar-refractivity contribution is 7.17. The van der Waals surface area contributed by atoms with Crippen molar-refractivity contribution < 1.29 is 5.11 Å². The lowest BCUT2D eigenvalue weighted by Crippen LogP contribution is -2.02. The number of rotatable bonds is 5. The number of benzene rings is 1. The summed E-state index contributed by atoms with van der Waals surface area (Å²) < 4.78 is 3.06. The standard InChI is InChI=1S/C14H15N3OS/c18-5-4-17-10-11(9-16-17)8-15-13-1-2-14-12(7-13)3-6-19-14/h1-3,6-7,9-10,15,18H,4-5,8H2. The zero-order chi connectivity index (χ0) is 13.1. The predicted octanol–water partition coefficient (Wildman–Crippen LogP) is 2.70. The van der Waals surface area contributed by atoms with Gasteiger partial charge in [0.2, 0.25) is 0 Å². The fourth-order valence-corrected chi connectivity index (χ4v) is 2.77. The minimum atomic E-state index is 0.114. The van der Waals surface area contributed by atoms with Gasteiger partial charge in [0.05, 0.1) is 19.3 Å². The second-order valence-corrected chi connectivity index (χ2v) is 5.31. The van der Waals surface area contributed by atoms with Gasteiger partial charge in [-0.15, -0.1) is 11.3 Å². The number of thiophene rings is 1. The monoisotopic (exact) mass is 273 g/mol. The van der Waals surface area contributed by atoms with E-state index in [0.29, 0.717) is 6.54 Å². The molecule has 2 aromatic heterocycles. The Labute approximate surface area is 115 Å². The molecule has 4 nitrogen and oxygen atoms in total. The maximum Gasteiger partial charge on any atom is 0.0640 e. The molecule has 0 aliphatic carbocycles. The van der Waals surface area contributed by atoms with Gasteiger partial charge < -0.3 is 10.4 Å². The number of aliphatic hydroxyl groups is 1. The molecule has 3 aromatic rings. The fraction of sp³-hybridized carbons (Fsp3) is 0.214. The van der Waals surface area contributed by atoms with Crippen LogP contribution >= 0.6 is 11.3 Å². The molecule has 0 unspecified atom stereocenters. The number of aromatic nitrogens is 2. The first kappa shape index (κ1) is 12.2.